The summed E-state index contributed by atoms with van der Waals surface area (Å²) in [6, 6.07) is 0.630. The Bertz CT molecular complexity index is 389. The second-order valence-corrected chi connectivity index (χ2v) is 5.06. The average molecular weight is 254 g/mol. The van der Waals surface area contributed by atoms with Crippen LogP contribution in [0.4, 0.5) is 5.13 Å². The van der Waals surface area contributed by atoms with E-state index in [0.717, 1.165) is 31.9 Å². The number of likely N-dealkylation sites (N-methyl/N-ethyl adjacent to an activating group) is 1. The minimum absolute atomic E-state index is 0.0681. The predicted octanol–water partition coefficient (Wildman–Crippen LogP) is 0.895. The summed E-state index contributed by atoms with van der Waals surface area (Å²) in [6.07, 6.45) is 0. The number of hydrogen-bond acceptors (Lipinski definition) is 5. The molecule has 2 heterocycles. The van der Waals surface area contributed by atoms with Crippen LogP contribution in [0.5, 0.6) is 0 Å². The molecule has 6 heteroatoms. The first-order valence-corrected chi connectivity index (χ1v) is 6.73. The zero-order valence-corrected chi connectivity index (χ0v) is 11.0. The van der Waals surface area contributed by atoms with Crippen molar-refractivity contribution in [2.75, 3.05) is 25.0 Å². The van der Waals surface area contributed by atoms with Crippen molar-refractivity contribution in [3.8, 4) is 0 Å². The maximum atomic E-state index is 10.9. The molecule has 0 saturated carbocycles. The lowest BCUT2D eigenvalue weighted by molar-refractivity contribution is -0.114. The number of anilines is 1. The van der Waals surface area contributed by atoms with E-state index in [9.17, 15) is 4.79 Å². The number of carbonyl (C=O) groups is 1. The number of aromatic nitrogens is 1. The Labute approximate surface area is 105 Å². The third kappa shape index (κ3) is 3.24. The first-order chi connectivity index (χ1) is 8.19. The fourth-order valence-electron chi connectivity index (χ4n) is 1.83. The van der Waals surface area contributed by atoms with Crippen molar-refractivity contribution in [3.63, 3.8) is 0 Å². The zero-order chi connectivity index (χ0) is 12.3. The summed E-state index contributed by atoms with van der Waals surface area (Å²) in [4.78, 5) is 17.7. The van der Waals surface area contributed by atoms with Crippen molar-refractivity contribution < 1.29 is 4.79 Å². The fourth-order valence-corrected chi connectivity index (χ4v) is 2.57. The van der Waals surface area contributed by atoms with Crippen molar-refractivity contribution in [2.45, 2.75) is 26.4 Å². The quantitative estimate of drug-likeness (QED) is 0.819. The van der Waals surface area contributed by atoms with E-state index in [0.29, 0.717) is 11.2 Å². The molecule has 0 radical (unpaired) electrons. The standard InChI is InChI=1S/C11H18N4OS/c1-3-15(10-4-12-5-10)6-9-7-17-11(14-9)13-8(2)16/h7,10,12H,3-6H2,1-2H3,(H,13,14,16). The van der Waals surface area contributed by atoms with Gasteiger partial charge >= 0.3 is 0 Å². The molecule has 0 aromatic carbocycles. The molecule has 0 atom stereocenters. The zero-order valence-electron chi connectivity index (χ0n) is 10.2. The summed E-state index contributed by atoms with van der Waals surface area (Å²) in [5, 5.41) is 8.69. The normalized spacial score (nSPS) is 15.9. The lowest BCUT2D eigenvalue weighted by Crippen LogP contribution is -2.56. The van der Waals surface area contributed by atoms with E-state index in [-0.39, 0.29) is 5.91 Å². The Morgan fingerprint density at radius 2 is 2.47 bits per heavy atom. The predicted molar refractivity (Wildman–Crippen MR) is 69.2 cm³/mol. The number of nitrogens with zero attached hydrogens (tertiary/aromatic N) is 2. The summed E-state index contributed by atoms with van der Waals surface area (Å²) in [7, 11) is 0. The van der Waals surface area contributed by atoms with Crippen molar-refractivity contribution in [1.82, 2.24) is 15.2 Å². The van der Waals surface area contributed by atoms with Gasteiger partial charge in [-0.2, -0.15) is 0 Å². The summed E-state index contributed by atoms with van der Waals surface area (Å²) < 4.78 is 0. The van der Waals surface area contributed by atoms with Gasteiger partial charge in [-0.05, 0) is 6.54 Å². The van der Waals surface area contributed by atoms with E-state index in [4.69, 9.17) is 0 Å². The number of nitrogens with one attached hydrogen (secondary N) is 2. The second-order valence-electron chi connectivity index (χ2n) is 4.20. The van der Waals surface area contributed by atoms with Crippen molar-refractivity contribution in [2.24, 2.45) is 0 Å². The van der Waals surface area contributed by atoms with E-state index in [1.54, 1.807) is 0 Å². The smallest absolute Gasteiger partial charge is 0.223 e. The molecule has 1 amide bonds. The molecule has 0 unspecified atom stereocenters. The van der Waals surface area contributed by atoms with E-state index < -0.39 is 0 Å². The van der Waals surface area contributed by atoms with Crippen LogP contribution in [0.15, 0.2) is 5.38 Å². The van der Waals surface area contributed by atoms with Crippen LogP contribution in [0.25, 0.3) is 0 Å². The Balaban J connectivity index is 1.92. The van der Waals surface area contributed by atoms with Gasteiger partial charge in [0.1, 0.15) is 0 Å². The van der Waals surface area contributed by atoms with Gasteiger partial charge in [0.15, 0.2) is 5.13 Å². The van der Waals surface area contributed by atoms with Crippen molar-refractivity contribution in [3.05, 3.63) is 11.1 Å². The fraction of sp³-hybridized carbons (Fsp3) is 0.636. The van der Waals surface area contributed by atoms with Gasteiger partial charge < -0.3 is 10.6 Å². The minimum atomic E-state index is -0.0681. The number of rotatable bonds is 5. The summed E-state index contributed by atoms with van der Waals surface area (Å²) in [5.41, 5.74) is 1.03. The number of amides is 1. The van der Waals surface area contributed by atoms with Gasteiger partial charge in [0.05, 0.1) is 5.69 Å². The number of carbonyl (C=O) groups excluding carboxylic acids is 1. The molecule has 1 aliphatic rings. The second kappa shape index (κ2) is 5.57. The van der Waals surface area contributed by atoms with Gasteiger partial charge in [-0.1, -0.05) is 6.92 Å². The number of thiazole rings is 1. The third-order valence-corrected chi connectivity index (χ3v) is 3.69. The molecule has 1 aromatic rings. The summed E-state index contributed by atoms with van der Waals surface area (Å²) >= 11 is 1.48. The van der Waals surface area contributed by atoms with Crippen LogP contribution in [0, 0.1) is 0 Å². The molecule has 1 saturated heterocycles. The first-order valence-electron chi connectivity index (χ1n) is 5.85. The molecular weight excluding hydrogens is 236 g/mol. The molecule has 1 aromatic heterocycles. The average Bonchev–Trinajstić information content (AvgIpc) is 2.60. The van der Waals surface area contributed by atoms with Crippen LogP contribution in [0.3, 0.4) is 0 Å². The maximum Gasteiger partial charge on any atom is 0.223 e. The molecule has 0 aliphatic carbocycles. The van der Waals surface area contributed by atoms with Gasteiger partial charge in [0.2, 0.25) is 5.91 Å². The van der Waals surface area contributed by atoms with Gasteiger partial charge in [-0.3, -0.25) is 9.69 Å². The lowest BCUT2D eigenvalue weighted by Gasteiger charge is -2.37. The Morgan fingerprint density at radius 1 is 1.71 bits per heavy atom. The largest absolute Gasteiger partial charge is 0.314 e. The molecule has 5 nitrogen and oxygen atoms in total. The Hall–Kier alpha value is -0.980. The van der Waals surface area contributed by atoms with Crippen LogP contribution in [-0.2, 0) is 11.3 Å². The van der Waals surface area contributed by atoms with Crippen LogP contribution >= 0.6 is 11.3 Å². The molecule has 1 aliphatic heterocycles. The highest BCUT2D eigenvalue weighted by Gasteiger charge is 2.23. The van der Waals surface area contributed by atoms with Gasteiger partial charge in [-0.15, -0.1) is 11.3 Å². The summed E-state index contributed by atoms with van der Waals surface area (Å²) in [6.45, 7) is 7.68. The van der Waals surface area contributed by atoms with E-state index in [2.05, 4.69) is 27.4 Å². The SMILES string of the molecule is CCN(Cc1csc(NC(C)=O)n1)C1CNC1. The van der Waals surface area contributed by atoms with Crippen LogP contribution in [0.2, 0.25) is 0 Å². The molecule has 2 N–H and O–H groups in total. The van der Waals surface area contributed by atoms with E-state index in [1.807, 2.05) is 5.38 Å². The molecule has 94 valence electrons. The highest BCUT2D eigenvalue weighted by atomic mass is 32.1. The monoisotopic (exact) mass is 254 g/mol. The Morgan fingerprint density at radius 3 is 3.00 bits per heavy atom. The molecule has 2 rings (SSSR count). The molecule has 0 bridgehead atoms. The van der Waals surface area contributed by atoms with Gasteiger partial charge in [0.25, 0.3) is 0 Å². The number of hydrogen-bond donors (Lipinski definition) is 2. The van der Waals surface area contributed by atoms with Crippen molar-refractivity contribution in [1.29, 1.82) is 0 Å². The van der Waals surface area contributed by atoms with Gasteiger partial charge in [-0.25, -0.2) is 4.98 Å². The summed E-state index contributed by atoms with van der Waals surface area (Å²) in [5.74, 6) is -0.0681. The molecular formula is C11H18N4OS. The van der Waals surface area contributed by atoms with Crippen LogP contribution in [0.1, 0.15) is 19.5 Å². The topological polar surface area (TPSA) is 57.3 Å². The molecule has 17 heavy (non-hydrogen) atoms. The Kier molecular flexibility index (Phi) is 4.09. The maximum absolute atomic E-state index is 10.9. The highest BCUT2D eigenvalue weighted by Crippen LogP contribution is 2.18. The highest BCUT2D eigenvalue weighted by molar-refractivity contribution is 7.13. The van der Waals surface area contributed by atoms with Crippen molar-refractivity contribution >= 4 is 22.4 Å². The van der Waals surface area contributed by atoms with E-state index >= 15 is 0 Å². The molecule has 1 fully saturated rings. The van der Waals surface area contributed by atoms with Crippen LogP contribution in [-0.4, -0.2) is 41.5 Å². The lowest BCUT2D eigenvalue weighted by atomic mass is 10.1. The molecule has 0 spiro atoms. The van der Waals surface area contributed by atoms with Gasteiger partial charge in [0, 0.05) is 38.0 Å². The third-order valence-electron chi connectivity index (χ3n) is 2.88. The first kappa shape index (κ1) is 12.5. The minimum Gasteiger partial charge on any atom is -0.314 e. The van der Waals surface area contributed by atoms with E-state index in [1.165, 1.54) is 18.3 Å². The van der Waals surface area contributed by atoms with Crippen LogP contribution < -0.4 is 10.6 Å².